The van der Waals surface area contributed by atoms with Crippen LogP contribution < -0.4 is 15.0 Å². The van der Waals surface area contributed by atoms with Gasteiger partial charge in [-0.1, -0.05) is 26.8 Å². The average molecular weight is 262 g/mol. The van der Waals surface area contributed by atoms with Gasteiger partial charge in [0.15, 0.2) is 0 Å². The van der Waals surface area contributed by atoms with Crippen LogP contribution >= 0.6 is 0 Å². The van der Waals surface area contributed by atoms with Crippen molar-refractivity contribution in [2.75, 3.05) is 29.9 Å². The van der Waals surface area contributed by atoms with Gasteiger partial charge < -0.3 is 15.0 Å². The molecule has 1 aliphatic rings. The maximum absolute atomic E-state index is 11.8. The van der Waals surface area contributed by atoms with E-state index in [1.807, 2.05) is 18.2 Å². The molecule has 1 heterocycles. The highest BCUT2D eigenvalue weighted by molar-refractivity contribution is 6.03. The quantitative estimate of drug-likeness (QED) is 0.887. The molecule has 1 N–H and O–H groups in total. The standard InChI is InChI=1S/C15H22N2O2/c1-4-8-19-13-7-5-6-12-15(13)16-14(18)10-17(12)9-11(2)3/h5-7,11H,4,8-10H2,1-3H3,(H,16,18). The molecule has 1 aromatic carbocycles. The van der Waals surface area contributed by atoms with E-state index in [-0.39, 0.29) is 5.91 Å². The van der Waals surface area contributed by atoms with Gasteiger partial charge >= 0.3 is 0 Å². The van der Waals surface area contributed by atoms with Crippen LogP contribution in [0, 0.1) is 5.92 Å². The van der Waals surface area contributed by atoms with Crippen molar-refractivity contribution in [3.63, 3.8) is 0 Å². The number of ether oxygens (including phenoxy) is 1. The first kappa shape index (κ1) is 13.7. The summed E-state index contributed by atoms with van der Waals surface area (Å²) in [4.78, 5) is 14.0. The molecule has 1 aromatic rings. The molecule has 0 saturated heterocycles. The third-order valence-electron chi connectivity index (χ3n) is 2.99. The SMILES string of the molecule is CCCOc1cccc2c1NC(=O)CN2CC(C)C. The van der Waals surface area contributed by atoms with E-state index in [0.717, 1.165) is 30.1 Å². The van der Waals surface area contributed by atoms with E-state index in [2.05, 4.69) is 31.0 Å². The fourth-order valence-electron chi connectivity index (χ4n) is 2.28. The van der Waals surface area contributed by atoms with Gasteiger partial charge in [-0.15, -0.1) is 0 Å². The Labute approximate surface area is 114 Å². The van der Waals surface area contributed by atoms with E-state index >= 15 is 0 Å². The molecule has 1 aliphatic heterocycles. The van der Waals surface area contributed by atoms with Gasteiger partial charge in [-0.05, 0) is 24.5 Å². The number of carbonyl (C=O) groups excluding carboxylic acids is 1. The van der Waals surface area contributed by atoms with E-state index in [9.17, 15) is 4.79 Å². The number of nitrogens with zero attached hydrogens (tertiary/aromatic N) is 1. The van der Waals surface area contributed by atoms with Crippen molar-refractivity contribution in [3.05, 3.63) is 18.2 Å². The molecule has 0 spiro atoms. The molecule has 0 aromatic heterocycles. The summed E-state index contributed by atoms with van der Waals surface area (Å²) in [5, 5.41) is 2.94. The first-order chi connectivity index (χ1) is 9.11. The number of para-hydroxylation sites is 1. The lowest BCUT2D eigenvalue weighted by Gasteiger charge is -2.33. The van der Waals surface area contributed by atoms with Crippen LogP contribution in [0.4, 0.5) is 11.4 Å². The third kappa shape index (κ3) is 3.19. The number of anilines is 2. The maximum Gasteiger partial charge on any atom is 0.244 e. The fraction of sp³-hybridized carbons (Fsp3) is 0.533. The van der Waals surface area contributed by atoms with Gasteiger partial charge in [0.1, 0.15) is 11.4 Å². The number of fused-ring (bicyclic) bond motifs is 1. The summed E-state index contributed by atoms with van der Waals surface area (Å²) in [6, 6.07) is 5.93. The second kappa shape index (κ2) is 5.95. The van der Waals surface area contributed by atoms with Crippen LogP contribution in [0.15, 0.2) is 18.2 Å². The lowest BCUT2D eigenvalue weighted by molar-refractivity contribution is -0.115. The summed E-state index contributed by atoms with van der Waals surface area (Å²) in [7, 11) is 0. The summed E-state index contributed by atoms with van der Waals surface area (Å²) in [6.07, 6.45) is 0.952. The summed E-state index contributed by atoms with van der Waals surface area (Å²) in [6.45, 7) is 8.34. The molecule has 0 unspecified atom stereocenters. The van der Waals surface area contributed by atoms with Crippen LogP contribution in [-0.4, -0.2) is 25.6 Å². The first-order valence-corrected chi connectivity index (χ1v) is 6.92. The second-order valence-electron chi connectivity index (χ2n) is 5.32. The first-order valence-electron chi connectivity index (χ1n) is 6.92. The Morgan fingerprint density at radius 3 is 2.89 bits per heavy atom. The molecule has 0 aliphatic carbocycles. The van der Waals surface area contributed by atoms with E-state index in [1.165, 1.54) is 0 Å². The number of amides is 1. The van der Waals surface area contributed by atoms with Gasteiger partial charge in [0.2, 0.25) is 5.91 Å². The van der Waals surface area contributed by atoms with Gasteiger partial charge in [-0.2, -0.15) is 0 Å². The largest absolute Gasteiger partial charge is 0.491 e. The van der Waals surface area contributed by atoms with E-state index in [4.69, 9.17) is 4.74 Å². The number of rotatable bonds is 5. The van der Waals surface area contributed by atoms with Crippen molar-refractivity contribution in [3.8, 4) is 5.75 Å². The molecule has 1 amide bonds. The minimum absolute atomic E-state index is 0.0284. The van der Waals surface area contributed by atoms with Gasteiger partial charge in [0.05, 0.1) is 18.8 Å². The molecule has 0 bridgehead atoms. The zero-order valence-electron chi connectivity index (χ0n) is 11.9. The molecule has 19 heavy (non-hydrogen) atoms. The second-order valence-corrected chi connectivity index (χ2v) is 5.32. The van der Waals surface area contributed by atoms with E-state index in [1.54, 1.807) is 0 Å². The van der Waals surface area contributed by atoms with Crippen molar-refractivity contribution in [2.24, 2.45) is 5.92 Å². The van der Waals surface area contributed by atoms with Crippen molar-refractivity contribution in [1.82, 2.24) is 0 Å². The molecular weight excluding hydrogens is 240 g/mol. The summed E-state index contributed by atoms with van der Waals surface area (Å²) < 4.78 is 5.71. The van der Waals surface area contributed by atoms with Gasteiger partial charge in [-0.25, -0.2) is 0 Å². The van der Waals surface area contributed by atoms with Crippen LogP contribution in [0.1, 0.15) is 27.2 Å². The highest BCUT2D eigenvalue weighted by Crippen LogP contribution is 2.37. The molecule has 0 saturated carbocycles. The summed E-state index contributed by atoms with van der Waals surface area (Å²) in [5.74, 6) is 1.31. The van der Waals surface area contributed by atoms with Gasteiger partial charge in [-0.3, -0.25) is 4.79 Å². The highest BCUT2D eigenvalue weighted by atomic mass is 16.5. The predicted molar refractivity (Wildman–Crippen MR) is 77.9 cm³/mol. The monoisotopic (exact) mass is 262 g/mol. The molecule has 0 atom stereocenters. The Hall–Kier alpha value is -1.71. The minimum Gasteiger partial charge on any atom is -0.491 e. The molecular formula is C15H22N2O2. The molecule has 104 valence electrons. The molecule has 4 nitrogen and oxygen atoms in total. The van der Waals surface area contributed by atoms with Gasteiger partial charge in [0, 0.05) is 6.54 Å². The zero-order valence-corrected chi connectivity index (χ0v) is 11.9. The van der Waals surface area contributed by atoms with Crippen molar-refractivity contribution in [2.45, 2.75) is 27.2 Å². The Bertz CT molecular complexity index is 457. The third-order valence-corrected chi connectivity index (χ3v) is 2.99. The Balaban J connectivity index is 2.31. The van der Waals surface area contributed by atoms with Crippen LogP contribution in [0.5, 0.6) is 5.75 Å². The smallest absolute Gasteiger partial charge is 0.244 e. The normalized spacial score (nSPS) is 14.3. The molecule has 2 rings (SSSR count). The van der Waals surface area contributed by atoms with E-state index in [0.29, 0.717) is 19.1 Å². The minimum atomic E-state index is 0.0284. The topological polar surface area (TPSA) is 41.6 Å². The number of benzene rings is 1. The highest BCUT2D eigenvalue weighted by Gasteiger charge is 2.25. The molecule has 0 fully saturated rings. The van der Waals surface area contributed by atoms with E-state index < -0.39 is 0 Å². The number of hydrogen-bond donors (Lipinski definition) is 1. The zero-order chi connectivity index (χ0) is 13.8. The van der Waals surface area contributed by atoms with Crippen LogP contribution in [0.25, 0.3) is 0 Å². The Morgan fingerprint density at radius 1 is 1.42 bits per heavy atom. The van der Waals surface area contributed by atoms with Crippen molar-refractivity contribution in [1.29, 1.82) is 0 Å². The number of hydrogen-bond acceptors (Lipinski definition) is 3. The summed E-state index contributed by atoms with van der Waals surface area (Å²) in [5.41, 5.74) is 1.87. The summed E-state index contributed by atoms with van der Waals surface area (Å²) >= 11 is 0. The Morgan fingerprint density at radius 2 is 2.21 bits per heavy atom. The van der Waals surface area contributed by atoms with Gasteiger partial charge in [0.25, 0.3) is 0 Å². The van der Waals surface area contributed by atoms with Crippen LogP contribution in [-0.2, 0) is 4.79 Å². The predicted octanol–water partition coefficient (Wildman–Crippen LogP) is 2.89. The lowest BCUT2D eigenvalue weighted by Crippen LogP contribution is -2.40. The maximum atomic E-state index is 11.8. The van der Waals surface area contributed by atoms with Crippen molar-refractivity contribution < 1.29 is 9.53 Å². The molecule has 4 heteroatoms. The molecule has 0 radical (unpaired) electrons. The number of nitrogens with one attached hydrogen (secondary N) is 1. The number of carbonyl (C=O) groups is 1. The van der Waals surface area contributed by atoms with Crippen LogP contribution in [0.2, 0.25) is 0 Å². The Kier molecular flexibility index (Phi) is 4.30. The fourth-order valence-corrected chi connectivity index (χ4v) is 2.28. The van der Waals surface area contributed by atoms with Crippen molar-refractivity contribution >= 4 is 17.3 Å². The lowest BCUT2D eigenvalue weighted by atomic mass is 10.1. The van der Waals surface area contributed by atoms with Crippen LogP contribution in [0.3, 0.4) is 0 Å². The average Bonchev–Trinajstić information content (AvgIpc) is 2.35.